The van der Waals surface area contributed by atoms with Crippen molar-refractivity contribution >= 4 is 21.4 Å². The van der Waals surface area contributed by atoms with Crippen LogP contribution in [0.5, 0.6) is 0 Å². The Morgan fingerprint density at radius 1 is 1.27 bits per heavy atom. The number of furan rings is 1. The predicted octanol–water partition coefficient (Wildman–Crippen LogP) is 3.09. The lowest BCUT2D eigenvalue weighted by Crippen LogP contribution is -2.22. The molecule has 0 unspecified atom stereocenters. The number of sulfonamides is 1. The Labute approximate surface area is 131 Å². The predicted molar refractivity (Wildman–Crippen MR) is 82.0 cm³/mol. The van der Waals surface area contributed by atoms with E-state index in [1.54, 1.807) is 6.07 Å². The van der Waals surface area contributed by atoms with Crippen LogP contribution in [0.15, 0.2) is 43.7 Å². The van der Waals surface area contributed by atoms with E-state index < -0.39 is 10.0 Å². The molecular weight excluding hydrogens is 324 g/mol. The van der Waals surface area contributed by atoms with Gasteiger partial charge >= 0.3 is 0 Å². The van der Waals surface area contributed by atoms with Gasteiger partial charge < -0.3 is 8.94 Å². The molecule has 3 aromatic rings. The minimum atomic E-state index is -3.70. The summed E-state index contributed by atoms with van der Waals surface area (Å²) < 4.78 is 37.5. The van der Waals surface area contributed by atoms with E-state index in [0.717, 1.165) is 16.1 Å². The Kier molecular flexibility index (Phi) is 3.90. The molecule has 3 heterocycles. The van der Waals surface area contributed by atoms with Crippen LogP contribution in [0.2, 0.25) is 0 Å². The Morgan fingerprint density at radius 2 is 2.09 bits per heavy atom. The highest BCUT2D eigenvalue weighted by Gasteiger charge is 2.22. The lowest BCUT2D eigenvalue weighted by atomic mass is 10.2. The first-order chi connectivity index (χ1) is 10.5. The fourth-order valence-electron chi connectivity index (χ4n) is 1.88. The quantitative estimate of drug-likeness (QED) is 0.772. The Bertz CT molecular complexity index is 876. The summed E-state index contributed by atoms with van der Waals surface area (Å²) in [5.74, 6) is 0.784. The van der Waals surface area contributed by atoms with Crippen LogP contribution < -0.4 is 4.72 Å². The minimum absolute atomic E-state index is 0.146. The van der Waals surface area contributed by atoms with Gasteiger partial charge in [-0.1, -0.05) is 11.2 Å². The summed E-state index contributed by atoms with van der Waals surface area (Å²) in [5.41, 5.74) is 1.57. The maximum Gasteiger partial charge on any atom is 0.274 e. The van der Waals surface area contributed by atoms with Gasteiger partial charge in [-0.3, -0.25) is 0 Å². The number of nitrogens with one attached hydrogen (secondary N) is 1. The molecule has 8 heteroatoms. The fraction of sp³-hybridized carbons (Fsp3) is 0.214. The van der Waals surface area contributed by atoms with Crippen LogP contribution >= 0.6 is 11.3 Å². The SMILES string of the molecule is Cc1noc(-c2ccc(S(=O)(=O)NCc3cccs3)o2)c1C. The molecule has 0 aliphatic heterocycles. The van der Waals surface area contributed by atoms with Gasteiger partial charge in [0.2, 0.25) is 10.9 Å². The Balaban J connectivity index is 1.82. The van der Waals surface area contributed by atoms with Crippen molar-refractivity contribution in [1.82, 2.24) is 9.88 Å². The summed E-state index contributed by atoms with van der Waals surface area (Å²) >= 11 is 1.48. The van der Waals surface area contributed by atoms with Crippen LogP contribution in [0.3, 0.4) is 0 Å². The average molecular weight is 338 g/mol. The molecule has 116 valence electrons. The monoisotopic (exact) mass is 338 g/mol. The molecule has 6 nitrogen and oxygen atoms in total. The van der Waals surface area contributed by atoms with Gasteiger partial charge in [0.15, 0.2) is 5.76 Å². The van der Waals surface area contributed by atoms with E-state index in [9.17, 15) is 8.42 Å². The van der Waals surface area contributed by atoms with Crippen molar-refractivity contribution in [2.75, 3.05) is 0 Å². The summed E-state index contributed by atoms with van der Waals surface area (Å²) in [6, 6.07) is 6.70. The first-order valence-corrected chi connectivity index (χ1v) is 8.89. The van der Waals surface area contributed by atoms with E-state index in [1.165, 1.54) is 17.4 Å². The van der Waals surface area contributed by atoms with Gasteiger partial charge in [-0.2, -0.15) is 0 Å². The van der Waals surface area contributed by atoms with Crippen molar-refractivity contribution in [2.24, 2.45) is 0 Å². The van der Waals surface area contributed by atoms with Crippen molar-refractivity contribution in [3.05, 3.63) is 45.8 Å². The summed E-state index contributed by atoms with van der Waals surface area (Å²) in [6.45, 7) is 3.88. The molecule has 0 radical (unpaired) electrons. The lowest BCUT2D eigenvalue weighted by molar-refractivity contribution is 0.397. The Hall–Kier alpha value is -1.90. The fourth-order valence-corrected chi connectivity index (χ4v) is 3.55. The molecule has 0 saturated carbocycles. The highest BCUT2D eigenvalue weighted by molar-refractivity contribution is 7.89. The van der Waals surface area contributed by atoms with E-state index >= 15 is 0 Å². The number of thiophene rings is 1. The van der Waals surface area contributed by atoms with Gasteiger partial charge in [0.1, 0.15) is 0 Å². The third-order valence-corrected chi connectivity index (χ3v) is 5.39. The first-order valence-electron chi connectivity index (χ1n) is 6.52. The molecule has 1 N–H and O–H groups in total. The summed E-state index contributed by atoms with van der Waals surface area (Å²) in [6.07, 6.45) is 0. The molecule has 0 fully saturated rings. The molecule has 0 atom stereocenters. The molecule has 0 aromatic carbocycles. The largest absolute Gasteiger partial charge is 0.440 e. The molecule has 22 heavy (non-hydrogen) atoms. The van der Waals surface area contributed by atoms with Crippen LogP contribution in [0.25, 0.3) is 11.5 Å². The van der Waals surface area contributed by atoms with E-state index in [1.807, 2.05) is 31.4 Å². The van der Waals surface area contributed by atoms with Gasteiger partial charge in [0, 0.05) is 17.0 Å². The summed E-state index contributed by atoms with van der Waals surface area (Å²) in [7, 11) is -3.70. The van der Waals surface area contributed by atoms with Gasteiger partial charge in [-0.05, 0) is 37.4 Å². The third kappa shape index (κ3) is 2.85. The standard InChI is InChI=1S/C14H14N2O4S2/c1-9-10(2)16-20-14(9)12-5-6-13(19-12)22(17,18)15-8-11-4-3-7-21-11/h3-7,15H,8H2,1-2H3. The van der Waals surface area contributed by atoms with Crippen LogP contribution in [-0.4, -0.2) is 13.6 Å². The van der Waals surface area contributed by atoms with Crippen LogP contribution in [0, 0.1) is 13.8 Å². The van der Waals surface area contributed by atoms with E-state index in [-0.39, 0.29) is 11.6 Å². The van der Waals surface area contributed by atoms with E-state index in [2.05, 4.69) is 9.88 Å². The number of aromatic nitrogens is 1. The second-order valence-electron chi connectivity index (χ2n) is 4.74. The normalized spacial score (nSPS) is 11.9. The van der Waals surface area contributed by atoms with Crippen molar-refractivity contribution < 1.29 is 17.4 Å². The van der Waals surface area contributed by atoms with Gasteiger partial charge in [0.25, 0.3) is 10.0 Å². The maximum atomic E-state index is 12.2. The second-order valence-corrected chi connectivity index (χ2v) is 7.47. The van der Waals surface area contributed by atoms with E-state index in [0.29, 0.717) is 11.5 Å². The van der Waals surface area contributed by atoms with Crippen LogP contribution in [0.4, 0.5) is 0 Å². The molecular formula is C14H14N2O4S2. The van der Waals surface area contributed by atoms with Crippen molar-refractivity contribution in [1.29, 1.82) is 0 Å². The van der Waals surface area contributed by atoms with E-state index in [4.69, 9.17) is 8.94 Å². The number of nitrogens with zero attached hydrogens (tertiary/aromatic N) is 1. The topological polar surface area (TPSA) is 85.3 Å². The minimum Gasteiger partial charge on any atom is -0.440 e. The average Bonchev–Trinajstić information content (AvgIpc) is 3.20. The highest BCUT2D eigenvalue weighted by atomic mass is 32.2. The molecule has 0 spiro atoms. The molecule has 3 rings (SSSR count). The Morgan fingerprint density at radius 3 is 2.73 bits per heavy atom. The molecule has 0 amide bonds. The molecule has 0 saturated heterocycles. The van der Waals surface area contributed by atoms with Crippen LogP contribution in [0.1, 0.15) is 16.1 Å². The lowest BCUT2D eigenvalue weighted by Gasteiger charge is -2.02. The molecule has 0 bridgehead atoms. The third-order valence-electron chi connectivity index (χ3n) is 3.24. The zero-order valence-corrected chi connectivity index (χ0v) is 13.6. The second kappa shape index (κ2) is 5.71. The molecule has 0 aliphatic rings. The van der Waals surface area contributed by atoms with Gasteiger partial charge in [-0.25, -0.2) is 13.1 Å². The van der Waals surface area contributed by atoms with Crippen molar-refractivity contribution in [3.63, 3.8) is 0 Å². The molecule has 0 aliphatic carbocycles. The van der Waals surface area contributed by atoms with Gasteiger partial charge in [0.05, 0.1) is 5.69 Å². The zero-order chi connectivity index (χ0) is 15.7. The first kappa shape index (κ1) is 15.0. The van der Waals surface area contributed by atoms with Crippen molar-refractivity contribution in [2.45, 2.75) is 25.5 Å². The number of rotatable bonds is 5. The van der Waals surface area contributed by atoms with Crippen LogP contribution in [-0.2, 0) is 16.6 Å². The maximum absolute atomic E-state index is 12.2. The smallest absolute Gasteiger partial charge is 0.274 e. The summed E-state index contributed by atoms with van der Waals surface area (Å²) in [5, 5.41) is 5.58. The molecule has 3 aromatic heterocycles. The zero-order valence-electron chi connectivity index (χ0n) is 12.0. The number of hydrogen-bond donors (Lipinski definition) is 1. The number of aryl methyl sites for hydroxylation is 1. The van der Waals surface area contributed by atoms with Crippen molar-refractivity contribution in [3.8, 4) is 11.5 Å². The van der Waals surface area contributed by atoms with Gasteiger partial charge in [-0.15, -0.1) is 11.3 Å². The highest BCUT2D eigenvalue weighted by Crippen LogP contribution is 2.28. The summed E-state index contributed by atoms with van der Waals surface area (Å²) in [4.78, 5) is 0.928. The number of hydrogen-bond acceptors (Lipinski definition) is 6.